The van der Waals surface area contributed by atoms with Gasteiger partial charge in [0.1, 0.15) is 5.69 Å². The Hall–Kier alpha value is -2.27. The van der Waals surface area contributed by atoms with Crippen LogP contribution in [0.1, 0.15) is 39.2 Å². The summed E-state index contributed by atoms with van der Waals surface area (Å²) in [6.07, 6.45) is 0. The van der Waals surface area contributed by atoms with Crippen molar-refractivity contribution in [1.29, 1.82) is 0 Å². The first-order valence-electron chi connectivity index (χ1n) is 8.33. The Morgan fingerprint density at radius 3 is 2.38 bits per heavy atom. The van der Waals surface area contributed by atoms with Gasteiger partial charge in [0, 0.05) is 19.6 Å². The van der Waals surface area contributed by atoms with Gasteiger partial charge in [-0.3, -0.25) is 9.78 Å². The van der Waals surface area contributed by atoms with Gasteiger partial charge in [0.15, 0.2) is 0 Å². The molecule has 0 spiro atoms. The van der Waals surface area contributed by atoms with E-state index in [0.29, 0.717) is 17.9 Å². The summed E-state index contributed by atoms with van der Waals surface area (Å²) in [5.41, 5.74) is 4.03. The highest BCUT2D eigenvalue weighted by molar-refractivity contribution is 5.93. The topological polar surface area (TPSA) is 49.3 Å². The molecular formula is C19H24N4O. The van der Waals surface area contributed by atoms with Crippen molar-refractivity contribution in [1.82, 2.24) is 19.8 Å². The van der Waals surface area contributed by atoms with E-state index in [-0.39, 0.29) is 11.9 Å². The Balaban J connectivity index is 1.96. The van der Waals surface area contributed by atoms with Crippen LogP contribution in [0.25, 0.3) is 0 Å². The van der Waals surface area contributed by atoms with Crippen LogP contribution in [0.2, 0.25) is 0 Å². The molecular weight excluding hydrogens is 300 g/mol. The van der Waals surface area contributed by atoms with E-state index in [9.17, 15) is 4.79 Å². The zero-order valence-corrected chi connectivity index (χ0v) is 14.8. The molecule has 1 amide bonds. The van der Waals surface area contributed by atoms with E-state index < -0.39 is 0 Å². The maximum atomic E-state index is 13.2. The lowest BCUT2D eigenvalue weighted by atomic mass is 10.0. The zero-order valence-electron chi connectivity index (χ0n) is 14.8. The van der Waals surface area contributed by atoms with Crippen molar-refractivity contribution in [2.24, 2.45) is 0 Å². The molecule has 1 aromatic carbocycles. The standard InChI is InChI=1S/C19H24N4O/c1-13-14(2)21-18(15(3)20-13)19(24)23-11-10-22(4)12-17(23)16-8-6-5-7-9-16/h5-9,17H,10-12H2,1-4H3. The summed E-state index contributed by atoms with van der Waals surface area (Å²) in [5.74, 6) is -0.0231. The molecule has 1 aromatic heterocycles. The highest BCUT2D eigenvalue weighted by Crippen LogP contribution is 2.26. The van der Waals surface area contributed by atoms with E-state index >= 15 is 0 Å². The van der Waals surface area contributed by atoms with E-state index in [1.54, 1.807) is 0 Å². The highest BCUT2D eigenvalue weighted by Gasteiger charge is 2.32. The molecule has 2 aromatic rings. The Kier molecular flexibility index (Phi) is 4.62. The van der Waals surface area contributed by atoms with Gasteiger partial charge in [-0.25, -0.2) is 4.98 Å². The minimum Gasteiger partial charge on any atom is -0.328 e. The minimum atomic E-state index is -0.0231. The molecule has 126 valence electrons. The molecule has 0 saturated carbocycles. The number of aromatic nitrogens is 2. The number of aryl methyl sites for hydroxylation is 3. The molecule has 1 atom stereocenters. The van der Waals surface area contributed by atoms with Crippen LogP contribution in [0.3, 0.4) is 0 Å². The smallest absolute Gasteiger partial charge is 0.274 e. The molecule has 0 bridgehead atoms. The van der Waals surface area contributed by atoms with Gasteiger partial charge in [-0.15, -0.1) is 0 Å². The first-order valence-corrected chi connectivity index (χ1v) is 8.33. The largest absolute Gasteiger partial charge is 0.328 e. The second-order valence-corrected chi connectivity index (χ2v) is 6.52. The first kappa shape index (κ1) is 16.6. The van der Waals surface area contributed by atoms with Crippen molar-refractivity contribution in [3.05, 3.63) is 58.7 Å². The number of carbonyl (C=O) groups excluding carboxylic acids is 1. The summed E-state index contributed by atoms with van der Waals surface area (Å²) in [5, 5.41) is 0. The van der Waals surface area contributed by atoms with Crippen LogP contribution in [0.4, 0.5) is 0 Å². The Bertz CT molecular complexity index is 745. The average molecular weight is 324 g/mol. The monoisotopic (exact) mass is 324 g/mol. The molecule has 1 fully saturated rings. The summed E-state index contributed by atoms with van der Waals surface area (Å²) in [6, 6.07) is 10.3. The van der Waals surface area contributed by atoms with Gasteiger partial charge < -0.3 is 9.80 Å². The van der Waals surface area contributed by atoms with Crippen LogP contribution in [0, 0.1) is 20.8 Å². The normalized spacial score (nSPS) is 18.7. The van der Waals surface area contributed by atoms with E-state index in [4.69, 9.17) is 0 Å². The van der Waals surface area contributed by atoms with Crippen LogP contribution >= 0.6 is 0 Å². The lowest BCUT2D eigenvalue weighted by molar-refractivity contribution is 0.0490. The van der Waals surface area contributed by atoms with Gasteiger partial charge in [0.2, 0.25) is 0 Å². The molecule has 1 aliphatic heterocycles. The number of carbonyl (C=O) groups is 1. The summed E-state index contributed by atoms with van der Waals surface area (Å²) in [4.78, 5) is 26.4. The first-order chi connectivity index (χ1) is 11.5. The second-order valence-electron chi connectivity index (χ2n) is 6.52. The molecule has 0 N–H and O–H groups in total. The predicted octanol–water partition coefficient (Wildman–Crippen LogP) is 2.53. The van der Waals surface area contributed by atoms with Gasteiger partial charge in [-0.2, -0.15) is 0 Å². The number of hydrogen-bond donors (Lipinski definition) is 0. The lowest BCUT2D eigenvalue weighted by Gasteiger charge is -2.40. The van der Waals surface area contributed by atoms with E-state index in [1.807, 2.05) is 43.9 Å². The van der Waals surface area contributed by atoms with Crippen LogP contribution in [-0.4, -0.2) is 52.4 Å². The summed E-state index contributed by atoms with van der Waals surface area (Å²) in [7, 11) is 2.10. The number of piperazine rings is 1. The van der Waals surface area contributed by atoms with Crippen LogP contribution < -0.4 is 0 Å². The average Bonchev–Trinajstić information content (AvgIpc) is 2.58. The van der Waals surface area contributed by atoms with E-state index in [2.05, 4.69) is 34.0 Å². The highest BCUT2D eigenvalue weighted by atomic mass is 16.2. The van der Waals surface area contributed by atoms with Crippen molar-refractivity contribution in [3.63, 3.8) is 0 Å². The number of rotatable bonds is 2. The molecule has 2 heterocycles. The third-order valence-electron chi connectivity index (χ3n) is 4.71. The minimum absolute atomic E-state index is 0.0231. The van der Waals surface area contributed by atoms with Crippen molar-refractivity contribution in [3.8, 4) is 0 Å². The van der Waals surface area contributed by atoms with Crippen molar-refractivity contribution in [2.45, 2.75) is 26.8 Å². The number of amides is 1. The summed E-state index contributed by atoms with van der Waals surface area (Å²) in [6.45, 7) is 8.08. The molecule has 1 aliphatic rings. The van der Waals surface area contributed by atoms with E-state index in [1.165, 1.54) is 0 Å². The number of likely N-dealkylation sites (N-methyl/N-ethyl adjacent to an activating group) is 1. The Morgan fingerprint density at radius 2 is 1.67 bits per heavy atom. The van der Waals surface area contributed by atoms with Crippen LogP contribution in [0.15, 0.2) is 30.3 Å². The molecule has 1 saturated heterocycles. The number of benzene rings is 1. The Labute approximate surface area is 143 Å². The number of hydrogen-bond acceptors (Lipinski definition) is 4. The quantitative estimate of drug-likeness (QED) is 0.852. The SMILES string of the molecule is Cc1nc(C)c(C(=O)N2CCN(C)CC2c2ccccc2)nc1C. The van der Waals surface area contributed by atoms with E-state index in [0.717, 1.165) is 30.0 Å². The fourth-order valence-corrected chi connectivity index (χ4v) is 3.18. The molecule has 5 nitrogen and oxygen atoms in total. The molecule has 1 unspecified atom stereocenters. The lowest BCUT2D eigenvalue weighted by Crippen LogP contribution is -2.49. The fraction of sp³-hybridized carbons (Fsp3) is 0.421. The summed E-state index contributed by atoms with van der Waals surface area (Å²) >= 11 is 0. The molecule has 0 radical (unpaired) electrons. The Morgan fingerprint density at radius 1 is 1.00 bits per heavy atom. The van der Waals surface area contributed by atoms with Gasteiger partial charge in [-0.05, 0) is 33.4 Å². The summed E-state index contributed by atoms with van der Waals surface area (Å²) < 4.78 is 0. The molecule has 5 heteroatoms. The number of nitrogens with zero attached hydrogens (tertiary/aromatic N) is 4. The van der Waals surface area contributed by atoms with Gasteiger partial charge in [-0.1, -0.05) is 30.3 Å². The van der Waals surface area contributed by atoms with Crippen molar-refractivity contribution in [2.75, 3.05) is 26.7 Å². The van der Waals surface area contributed by atoms with Crippen molar-refractivity contribution < 1.29 is 4.79 Å². The van der Waals surface area contributed by atoms with Crippen LogP contribution in [-0.2, 0) is 0 Å². The second kappa shape index (κ2) is 6.69. The van der Waals surface area contributed by atoms with Gasteiger partial charge in [0.25, 0.3) is 5.91 Å². The third kappa shape index (κ3) is 3.17. The maximum Gasteiger partial charge on any atom is 0.274 e. The van der Waals surface area contributed by atoms with Gasteiger partial charge >= 0.3 is 0 Å². The van der Waals surface area contributed by atoms with Crippen LogP contribution in [0.5, 0.6) is 0 Å². The molecule has 3 rings (SSSR count). The molecule has 0 aliphatic carbocycles. The maximum absolute atomic E-state index is 13.2. The molecule has 24 heavy (non-hydrogen) atoms. The zero-order chi connectivity index (χ0) is 17.3. The predicted molar refractivity (Wildman–Crippen MR) is 94.0 cm³/mol. The van der Waals surface area contributed by atoms with Crippen molar-refractivity contribution >= 4 is 5.91 Å². The third-order valence-corrected chi connectivity index (χ3v) is 4.71. The fourth-order valence-electron chi connectivity index (χ4n) is 3.18. The van der Waals surface area contributed by atoms with Gasteiger partial charge in [0.05, 0.1) is 23.1 Å².